The van der Waals surface area contributed by atoms with Gasteiger partial charge in [-0.1, -0.05) is 57.2 Å². The molecule has 148 valence electrons. The van der Waals surface area contributed by atoms with E-state index in [1.54, 1.807) is 12.4 Å². The molecule has 2 N–H and O–H groups in total. The first-order valence-corrected chi connectivity index (χ1v) is 9.59. The van der Waals surface area contributed by atoms with Gasteiger partial charge in [-0.25, -0.2) is 4.99 Å². The van der Waals surface area contributed by atoms with Crippen molar-refractivity contribution in [3.63, 3.8) is 0 Å². The van der Waals surface area contributed by atoms with Gasteiger partial charge in [0.25, 0.3) is 5.91 Å². The van der Waals surface area contributed by atoms with Crippen LogP contribution in [0.15, 0.2) is 84.1 Å². The van der Waals surface area contributed by atoms with E-state index in [-0.39, 0.29) is 11.3 Å². The molecule has 0 fully saturated rings. The van der Waals surface area contributed by atoms with Crippen LogP contribution < -0.4 is 10.6 Å². The van der Waals surface area contributed by atoms with E-state index in [0.29, 0.717) is 18.1 Å². The number of guanidine groups is 1. The molecular weight excluding hydrogens is 360 g/mol. The first-order valence-electron chi connectivity index (χ1n) is 9.59. The maximum Gasteiger partial charge on any atom is 0.257 e. The van der Waals surface area contributed by atoms with Crippen LogP contribution >= 0.6 is 0 Å². The van der Waals surface area contributed by atoms with Crippen LogP contribution in [0, 0.1) is 0 Å². The highest BCUT2D eigenvalue weighted by molar-refractivity contribution is 6.09. The molecule has 0 bridgehead atoms. The van der Waals surface area contributed by atoms with Crippen molar-refractivity contribution in [3.8, 4) is 0 Å². The number of carbonyl (C=O) groups excluding carboxylic acids is 1. The Kier molecular flexibility index (Phi) is 6.39. The van der Waals surface area contributed by atoms with Gasteiger partial charge in [-0.3, -0.25) is 15.1 Å². The lowest BCUT2D eigenvalue weighted by Gasteiger charge is -2.19. The summed E-state index contributed by atoms with van der Waals surface area (Å²) in [4.78, 5) is 21.4. The number of aliphatic imine (C=N–C) groups is 1. The summed E-state index contributed by atoms with van der Waals surface area (Å²) in [5.41, 5.74) is 3.62. The molecular formula is C24H26N4O. The van der Waals surface area contributed by atoms with E-state index in [2.05, 4.69) is 41.4 Å². The quantitative estimate of drug-likeness (QED) is 0.501. The van der Waals surface area contributed by atoms with E-state index in [4.69, 9.17) is 0 Å². The molecule has 2 aromatic carbocycles. The average molecular weight is 386 g/mol. The topological polar surface area (TPSA) is 66.4 Å². The molecule has 29 heavy (non-hydrogen) atoms. The van der Waals surface area contributed by atoms with E-state index in [1.807, 2.05) is 66.7 Å². The van der Waals surface area contributed by atoms with Crippen molar-refractivity contribution in [2.24, 2.45) is 4.99 Å². The highest BCUT2D eigenvalue weighted by atomic mass is 16.1. The Balaban J connectivity index is 1.77. The minimum atomic E-state index is -0.209. The Hall–Kier alpha value is -3.47. The first-order chi connectivity index (χ1) is 13.9. The first kappa shape index (κ1) is 20.3. The molecule has 0 radical (unpaired) electrons. The molecule has 5 heteroatoms. The second-order valence-corrected chi connectivity index (χ2v) is 7.80. The van der Waals surface area contributed by atoms with E-state index < -0.39 is 0 Å². The summed E-state index contributed by atoms with van der Waals surface area (Å²) in [6.45, 7) is 6.85. The normalized spacial score (nSPS) is 11.8. The maximum atomic E-state index is 12.8. The van der Waals surface area contributed by atoms with Crippen molar-refractivity contribution in [2.45, 2.75) is 32.7 Å². The standard InChI is InChI=1S/C24H26N4O/c1-24(2,3)20-13-11-19(12-14-20)22(29)28-23(27-21-9-5-4-6-10-21)26-17-18-8-7-15-25-16-18/h4-16H,17H2,1-3H3,(H2,26,27,28,29). The molecule has 0 aliphatic carbocycles. The number of nitrogens with zero attached hydrogens (tertiary/aromatic N) is 2. The number of hydrogen-bond acceptors (Lipinski definition) is 3. The SMILES string of the molecule is CC(C)(C)c1ccc(C(=O)NC(=NCc2cccnc2)Nc2ccccc2)cc1. The molecule has 0 saturated carbocycles. The van der Waals surface area contributed by atoms with Crippen molar-refractivity contribution in [1.29, 1.82) is 0 Å². The average Bonchev–Trinajstić information content (AvgIpc) is 2.73. The summed E-state index contributed by atoms with van der Waals surface area (Å²) in [7, 11) is 0. The lowest BCUT2D eigenvalue weighted by atomic mass is 9.87. The predicted octanol–water partition coefficient (Wildman–Crippen LogP) is 4.78. The van der Waals surface area contributed by atoms with Crippen LogP contribution in [0.4, 0.5) is 5.69 Å². The van der Waals surface area contributed by atoms with Gasteiger partial charge in [0.2, 0.25) is 5.96 Å². The number of amides is 1. The molecule has 0 aliphatic rings. The highest BCUT2D eigenvalue weighted by Gasteiger charge is 2.15. The summed E-state index contributed by atoms with van der Waals surface area (Å²) in [6.07, 6.45) is 3.48. The molecule has 1 heterocycles. The van der Waals surface area contributed by atoms with Crippen LogP contribution in [0.5, 0.6) is 0 Å². The highest BCUT2D eigenvalue weighted by Crippen LogP contribution is 2.22. The van der Waals surface area contributed by atoms with E-state index >= 15 is 0 Å². The smallest absolute Gasteiger partial charge is 0.257 e. The lowest BCUT2D eigenvalue weighted by Crippen LogP contribution is -2.36. The van der Waals surface area contributed by atoms with Crippen molar-refractivity contribution in [2.75, 3.05) is 5.32 Å². The van der Waals surface area contributed by atoms with Crippen molar-refractivity contribution >= 4 is 17.6 Å². The van der Waals surface area contributed by atoms with Gasteiger partial charge in [0.1, 0.15) is 0 Å². The monoisotopic (exact) mass is 386 g/mol. The third-order valence-electron chi connectivity index (χ3n) is 4.42. The molecule has 1 aromatic heterocycles. The Bertz CT molecular complexity index is 959. The molecule has 3 aromatic rings. The third-order valence-corrected chi connectivity index (χ3v) is 4.42. The summed E-state index contributed by atoms with van der Waals surface area (Å²) in [5.74, 6) is 0.184. The van der Waals surface area contributed by atoms with Gasteiger partial charge in [0.05, 0.1) is 6.54 Å². The second-order valence-electron chi connectivity index (χ2n) is 7.80. The number of anilines is 1. The number of benzene rings is 2. The van der Waals surface area contributed by atoms with Crippen LogP contribution in [0.25, 0.3) is 0 Å². The molecule has 5 nitrogen and oxygen atoms in total. The Morgan fingerprint density at radius 1 is 0.966 bits per heavy atom. The number of aromatic nitrogens is 1. The number of pyridine rings is 1. The number of rotatable bonds is 4. The zero-order valence-electron chi connectivity index (χ0n) is 17.0. The van der Waals surface area contributed by atoms with Crippen molar-refractivity contribution in [3.05, 3.63) is 95.8 Å². The molecule has 0 spiro atoms. The Morgan fingerprint density at radius 3 is 2.31 bits per heavy atom. The molecule has 0 saturated heterocycles. The van der Waals surface area contributed by atoms with Crippen LogP contribution in [0.2, 0.25) is 0 Å². The van der Waals surface area contributed by atoms with Crippen LogP contribution in [-0.2, 0) is 12.0 Å². The summed E-state index contributed by atoms with van der Waals surface area (Å²) in [6, 6.07) is 21.1. The minimum Gasteiger partial charge on any atom is -0.326 e. The zero-order valence-corrected chi connectivity index (χ0v) is 17.0. The minimum absolute atomic E-state index is 0.0419. The summed E-state index contributed by atoms with van der Waals surface area (Å²) < 4.78 is 0. The summed E-state index contributed by atoms with van der Waals surface area (Å²) >= 11 is 0. The fraction of sp³-hybridized carbons (Fsp3) is 0.208. The number of hydrogen-bond donors (Lipinski definition) is 2. The van der Waals surface area contributed by atoms with Gasteiger partial charge < -0.3 is 5.32 Å². The maximum absolute atomic E-state index is 12.8. The Labute approximate surface area is 171 Å². The molecule has 0 atom stereocenters. The number of carbonyl (C=O) groups is 1. The van der Waals surface area contributed by atoms with Gasteiger partial charge in [0, 0.05) is 23.6 Å². The van der Waals surface area contributed by atoms with E-state index in [1.165, 1.54) is 5.56 Å². The number of nitrogens with one attached hydrogen (secondary N) is 2. The van der Waals surface area contributed by atoms with Crippen LogP contribution in [0.1, 0.15) is 42.3 Å². The van der Waals surface area contributed by atoms with Crippen LogP contribution in [0.3, 0.4) is 0 Å². The van der Waals surface area contributed by atoms with Gasteiger partial charge in [-0.15, -0.1) is 0 Å². The predicted molar refractivity (Wildman–Crippen MR) is 118 cm³/mol. The van der Waals surface area contributed by atoms with Gasteiger partial charge in [-0.05, 0) is 46.9 Å². The van der Waals surface area contributed by atoms with E-state index in [0.717, 1.165) is 11.3 Å². The molecule has 1 amide bonds. The number of para-hydroxylation sites is 1. The van der Waals surface area contributed by atoms with Gasteiger partial charge in [0.15, 0.2) is 0 Å². The van der Waals surface area contributed by atoms with Gasteiger partial charge in [-0.2, -0.15) is 0 Å². The lowest BCUT2D eigenvalue weighted by molar-refractivity contribution is 0.0977. The van der Waals surface area contributed by atoms with E-state index in [9.17, 15) is 4.79 Å². The molecule has 3 rings (SSSR count). The van der Waals surface area contributed by atoms with Crippen molar-refractivity contribution < 1.29 is 4.79 Å². The molecule has 0 unspecified atom stereocenters. The third kappa shape index (κ3) is 6.01. The van der Waals surface area contributed by atoms with Crippen molar-refractivity contribution in [1.82, 2.24) is 10.3 Å². The largest absolute Gasteiger partial charge is 0.326 e. The summed E-state index contributed by atoms with van der Waals surface area (Å²) in [5, 5.41) is 6.07. The van der Waals surface area contributed by atoms with Gasteiger partial charge >= 0.3 is 0 Å². The second kappa shape index (κ2) is 9.15. The fourth-order valence-corrected chi connectivity index (χ4v) is 2.73. The molecule has 0 aliphatic heterocycles. The zero-order chi connectivity index (χ0) is 20.7. The van der Waals surface area contributed by atoms with Crippen LogP contribution in [-0.4, -0.2) is 16.9 Å². The Morgan fingerprint density at radius 2 is 1.69 bits per heavy atom. The fourth-order valence-electron chi connectivity index (χ4n) is 2.73.